The normalized spacial score (nSPS) is 32.0. The van der Waals surface area contributed by atoms with E-state index in [-0.39, 0.29) is 4.90 Å². The van der Waals surface area contributed by atoms with Crippen LogP contribution in [0.4, 0.5) is 0 Å². The summed E-state index contributed by atoms with van der Waals surface area (Å²) in [6.45, 7) is 1.22. The average molecular weight is 348 g/mol. The first-order valence-electron chi connectivity index (χ1n) is 6.95. The smallest absolute Gasteiger partial charge is 0.297 e. The molecule has 130 valence electrons. The van der Waals surface area contributed by atoms with Crippen molar-refractivity contribution in [2.24, 2.45) is 0 Å². The molecule has 0 aliphatic carbocycles. The van der Waals surface area contributed by atoms with Crippen LogP contribution in [-0.2, 0) is 23.8 Å². The van der Waals surface area contributed by atoms with Gasteiger partial charge < -0.3 is 24.8 Å². The van der Waals surface area contributed by atoms with Crippen molar-refractivity contribution in [3.05, 3.63) is 29.8 Å². The van der Waals surface area contributed by atoms with Crippen molar-refractivity contribution < 1.29 is 37.4 Å². The summed E-state index contributed by atoms with van der Waals surface area (Å²) < 4.78 is 39.6. The fourth-order valence-corrected chi connectivity index (χ4v) is 3.37. The summed E-state index contributed by atoms with van der Waals surface area (Å²) in [7, 11) is -2.98. The highest BCUT2D eigenvalue weighted by Crippen LogP contribution is 2.27. The Hall–Kier alpha value is -1.07. The van der Waals surface area contributed by atoms with E-state index in [1.807, 2.05) is 0 Å². The summed E-state index contributed by atoms with van der Waals surface area (Å²) in [4.78, 5) is -0.108. The van der Waals surface area contributed by atoms with Crippen molar-refractivity contribution in [1.29, 1.82) is 0 Å². The van der Waals surface area contributed by atoms with E-state index >= 15 is 0 Å². The third kappa shape index (κ3) is 3.89. The molecule has 1 aliphatic heterocycles. The van der Waals surface area contributed by atoms with E-state index in [0.29, 0.717) is 0 Å². The van der Waals surface area contributed by atoms with Gasteiger partial charge in [0, 0.05) is 7.11 Å². The minimum atomic E-state index is -4.22. The highest BCUT2D eigenvalue weighted by atomic mass is 32.2. The molecule has 0 unspecified atom stereocenters. The third-order valence-electron chi connectivity index (χ3n) is 3.60. The van der Waals surface area contributed by atoms with Crippen molar-refractivity contribution in [3.8, 4) is 0 Å². The van der Waals surface area contributed by atoms with Crippen LogP contribution in [0.15, 0.2) is 29.2 Å². The number of methoxy groups -OCH3 is 1. The Kier molecular flexibility index (Phi) is 5.74. The summed E-state index contributed by atoms with van der Waals surface area (Å²) in [5, 5.41) is 29.4. The van der Waals surface area contributed by atoms with Crippen LogP contribution in [-0.4, -0.2) is 68.2 Å². The van der Waals surface area contributed by atoms with Gasteiger partial charge in [0.25, 0.3) is 10.1 Å². The summed E-state index contributed by atoms with van der Waals surface area (Å²) in [6.07, 6.45) is -6.98. The van der Waals surface area contributed by atoms with Gasteiger partial charge in [-0.15, -0.1) is 0 Å². The highest BCUT2D eigenvalue weighted by molar-refractivity contribution is 7.86. The van der Waals surface area contributed by atoms with Gasteiger partial charge in [0.15, 0.2) is 6.29 Å². The lowest BCUT2D eigenvalue weighted by atomic mass is 9.99. The molecule has 0 amide bonds. The van der Waals surface area contributed by atoms with Crippen LogP contribution in [0.1, 0.15) is 5.56 Å². The molecule has 5 atom stereocenters. The molecule has 0 bridgehead atoms. The van der Waals surface area contributed by atoms with Crippen molar-refractivity contribution in [2.75, 3.05) is 13.7 Å². The molecule has 0 aromatic heterocycles. The number of aliphatic hydroxyl groups is 3. The Morgan fingerprint density at radius 2 is 1.78 bits per heavy atom. The monoisotopic (exact) mass is 348 g/mol. The molecule has 1 saturated heterocycles. The Morgan fingerprint density at radius 3 is 2.30 bits per heavy atom. The predicted molar refractivity (Wildman–Crippen MR) is 78.0 cm³/mol. The highest BCUT2D eigenvalue weighted by Gasteiger charge is 2.47. The van der Waals surface area contributed by atoms with Crippen LogP contribution in [0, 0.1) is 6.92 Å². The molecule has 23 heavy (non-hydrogen) atoms. The first kappa shape index (κ1) is 18.3. The maximum absolute atomic E-state index is 12.3. The fraction of sp³-hybridized carbons (Fsp3) is 0.571. The van der Waals surface area contributed by atoms with Crippen molar-refractivity contribution in [1.82, 2.24) is 0 Å². The van der Waals surface area contributed by atoms with Crippen LogP contribution in [0.3, 0.4) is 0 Å². The van der Waals surface area contributed by atoms with Crippen molar-refractivity contribution in [3.63, 3.8) is 0 Å². The van der Waals surface area contributed by atoms with E-state index in [1.54, 1.807) is 19.1 Å². The maximum atomic E-state index is 12.3. The fourth-order valence-electron chi connectivity index (χ4n) is 2.27. The van der Waals surface area contributed by atoms with E-state index in [2.05, 4.69) is 0 Å². The van der Waals surface area contributed by atoms with Gasteiger partial charge in [-0.2, -0.15) is 8.42 Å². The van der Waals surface area contributed by atoms with Crippen LogP contribution in [0.2, 0.25) is 0 Å². The Balaban J connectivity index is 2.26. The van der Waals surface area contributed by atoms with Gasteiger partial charge in [-0.1, -0.05) is 17.7 Å². The molecule has 0 radical (unpaired) electrons. The van der Waals surface area contributed by atoms with Gasteiger partial charge in [-0.05, 0) is 19.1 Å². The van der Waals surface area contributed by atoms with Crippen LogP contribution in [0.5, 0.6) is 0 Å². The Morgan fingerprint density at radius 1 is 1.17 bits per heavy atom. The molecule has 1 fully saturated rings. The Bertz CT molecular complexity index is 598. The minimum absolute atomic E-state index is 0.108. The van der Waals surface area contributed by atoms with Gasteiger partial charge in [0.05, 0.1) is 11.5 Å². The second-order valence-corrected chi connectivity index (χ2v) is 6.84. The second kappa shape index (κ2) is 7.22. The zero-order chi connectivity index (χ0) is 17.2. The number of benzene rings is 1. The largest absolute Gasteiger partial charge is 0.394 e. The number of aryl methyl sites for hydroxylation is 1. The molecule has 1 heterocycles. The van der Waals surface area contributed by atoms with E-state index in [1.165, 1.54) is 19.2 Å². The van der Waals surface area contributed by atoms with Crippen LogP contribution in [0.25, 0.3) is 0 Å². The number of ether oxygens (including phenoxy) is 2. The number of aliphatic hydroxyl groups excluding tert-OH is 3. The molecular formula is C14H20O8S. The van der Waals surface area contributed by atoms with Gasteiger partial charge in [0.2, 0.25) is 0 Å². The first-order chi connectivity index (χ1) is 10.8. The average Bonchev–Trinajstić information content (AvgIpc) is 2.52. The summed E-state index contributed by atoms with van der Waals surface area (Å²) in [5.74, 6) is 0. The lowest BCUT2D eigenvalue weighted by Gasteiger charge is -2.40. The standard InChI is InChI=1S/C14H20O8S/c1-8-3-5-9(6-4-8)23(18,19)22-13-11(16)10(7-15)21-14(20-2)12(13)17/h3-6,10-17H,7H2,1-2H3/t10-,11+,12-,13+,14-/m1/s1. The van der Waals surface area contributed by atoms with E-state index in [9.17, 15) is 23.7 Å². The molecule has 3 N–H and O–H groups in total. The summed E-state index contributed by atoms with van der Waals surface area (Å²) in [5.41, 5.74) is 0.870. The van der Waals surface area contributed by atoms with E-state index in [4.69, 9.17) is 13.7 Å². The van der Waals surface area contributed by atoms with Crippen molar-refractivity contribution >= 4 is 10.1 Å². The molecule has 1 aromatic rings. The van der Waals surface area contributed by atoms with E-state index < -0.39 is 47.4 Å². The third-order valence-corrected chi connectivity index (χ3v) is 4.93. The van der Waals surface area contributed by atoms with Gasteiger partial charge in [-0.3, -0.25) is 4.18 Å². The molecule has 8 nitrogen and oxygen atoms in total. The van der Waals surface area contributed by atoms with Crippen LogP contribution >= 0.6 is 0 Å². The molecule has 0 spiro atoms. The topological polar surface area (TPSA) is 123 Å². The number of hydrogen-bond acceptors (Lipinski definition) is 8. The van der Waals surface area contributed by atoms with Gasteiger partial charge in [0.1, 0.15) is 24.4 Å². The molecule has 1 aliphatic rings. The summed E-state index contributed by atoms with van der Waals surface area (Å²) >= 11 is 0. The summed E-state index contributed by atoms with van der Waals surface area (Å²) in [6, 6.07) is 5.92. The number of hydrogen-bond donors (Lipinski definition) is 3. The van der Waals surface area contributed by atoms with E-state index in [0.717, 1.165) is 5.56 Å². The van der Waals surface area contributed by atoms with Crippen LogP contribution < -0.4 is 0 Å². The molecule has 2 rings (SSSR count). The van der Waals surface area contributed by atoms with Gasteiger partial charge in [-0.25, -0.2) is 0 Å². The zero-order valence-electron chi connectivity index (χ0n) is 12.7. The van der Waals surface area contributed by atoms with Crippen molar-refractivity contribution in [2.45, 2.75) is 42.5 Å². The minimum Gasteiger partial charge on any atom is -0.394 e. The maximum Gasteiger partial charge on any atom is 0.297 e. The first-order valence-corrected chi connectivity index (χ1v) is 8.36. The predicted octanol–water partition coefficient (Wildman–Crippen LogP) is -0.846. The SMILES string of the molecule is CO[C@@H]1O[C@H](CO)[C@H](O)[C@H](OS(=O)(=O)c2ccc(C)cc2)[C@H]1O. The molecule has 9 heteroatoms. The zero-order valence-corrected chi connectivity index (χ0v) is 13.5. The van der Waals surface area contributed by atoms with Gasteiger partial charge >= 0.3 is 0 Å². The molecular weight excluding hydrogens is 328 g/mol. The number of rotatable bonds is 5. The lowest BCUT2D eigenvalue weighted by molar-refractivity contribution is -0.289. The lowest BCUT2D eigenvalue weighted by Crippen LogP contribution is -2.60. The quantitative estimate of drug-likeness (QED) is 0.589. The molecule has 1 aromatic carbocycles. The second-order valence-electron chi connectivity index (χ2n) is 5.27. The Labute approximate surface area is 134 Å². The molecule has 0 saturated carbocycles.